The molecule has 1 saturated heterocycles. The van der Waals surface area contributed by atoms with Gasteiger partial charge in [0.05, 0.1) is 13.4 Å². The third-order valence-corrected chi connectivity index (χ3v) is 6.50. The van der Waals surface area contributed by atoms with Gasteiger partial charge in [-0.05, 0) is 69.0 Å². The minimum Gasteiger partial charge on any atom is -0.496 e. The Morgan fingerprint density at radius 2 is 1.75 bits per heavy atom. The van der Waals surface area contributed by atoms with Gasteiger partial charge < -0.3 is 19.0 Å². The van der Waals surface area contributed by atoms with Crippen LogP contribution in [0.2, 0.25) is 0 Å². The lowest BCUT2D eigenvalue weighted by molar-refractivity contribution is -0.126. The maximum atomic E-state index is 13.1. The molecule has 1 aromatic heterocycles. The summed E-state index contributed by atoms with van der Waals surface area (Å²) in [5.41, 5.74) is 8.51. The summed E-state index contributed by atoms with van der Waals surface area (Å²) in [7, 11) is 1.66. The molecule has 1 amide bonds. The van der Waals surface area contributed by atoms with E-state index < -0.39 is 0 Å². The summed E-state index contributed by atoms with van der Waals surface area (Å²) in [6.07, 6.45) is 3.51. The fraction of sp³-hybridized carbons (Fsp3) is 0.370. The molecule has 1 aliphatic heterocycles. The van der Waals surface area contributed by atoms with Crippen LogP contribution in [0.1, 0.15) is 34.7 Å². The molecule has 0 unspecified atom stereocenters. The summed E-state index contributed by atoms with van der Waals surface area (Å²) in [5, 5.41) is 1.06. The van der Waals surface area contributed by atoms with Gasteiger partial charge in [0.2, 0.25) is 5.91 Å². The SMILES string of the molecule is COc1c(/C(C)=C/C(=O)N2CCN(c3cc(C)ccc3C)CC2)cc2c(C)coc2c1C. The van der Waals surface area contributed by atoms with Crippen molar-refractivity contribution in [3.63, 3.8) is 0 Å². The number of hydrogen-bond donors (Lipinski definition) is 0. The molecule has 0 bridgehead atoms. The van der Waals surface area contributed by atoms with Gasteiger partial charge in [-0.15, -0.1) is 0 Å². The van der Waals surface area contributed by atoms with Gasteiger partial charge in [-0.3, -0.25) is 4.79 Å². The molecule has 4 rings (SSSR count). The van der Waals surface area contributed by atoms with E-state index in [1.54, 1.807) is 19.4 Å². The number of allylic oxidation sites excluding steroid dienone is 1. The molecule has 0 saturated carbocycles. The summed E-state index contributed by atoms with van der Waals surface area (Å²) in [4.78, 5) is 17.4. The van der Waals surface area contributed by atoms with Gasteiger partial charge in [0.25, 0.3) is 0 Å². The van der Waals surface area contributed by atoms with E-state index >= 15 is 0 Å². The lowest BCUT2D eigenvalue weighted by Gasteiger charge is -2.36. The Morgan fingerprint density at radius 1 is 1.03 bits per heavy atom. The molecule has 0 atom stereocenters. The third kappa shape index (κ3) is 3.99. The fourth-order valence-electron chi connectivity index (χ4n) is 4.58. The number of furan rings is 1. The minimum atomic E-state index is 0.0480. The average Bonchev–Trinajstić information content (AvgIpc) is 3.16. The second-order valence-corrected chi connectivity index (χ2v) is 8.81. The Hall–Kier alpha value is -3.21. The highest BCUT2D eigenvalue weighted by molar-refractivity contribution is 5.98. The second-order valence-electron chi connectivity index (χ2n) is 8.81. The second kappa shape index (κ2) is 8.73. The van der Waals surface area contributed by atoms with E-state index in [0.29, 0.717) is 13.1 Å². The highest BCUT2D eigenvalue weighted by Gasteiger charge is 2.22. The van der Waals surface area contributed by atoms with Gasteiger partial charge in [0.15, 0.2) is 0 Å². The van der Waals surface area contributed by atoms with Crippen LogP contribution in [-0.2, 0) is 4.79 Å². The van der Waals surface area contributed by atoms with Gasteiger partial charge in [-0.25, -0.2) is 0 Å². The molecule has 0 radical (unpaired) electrons. The summed E-state index contributed by atoms with van der Waals surface area (Å²) in [6, 6.07) is 8.61. The van der Waals surface area contributed by atoms with E-state index in [4.69, 9.17) is 9.15 Å². The van der Waals surface area contributed by atoms with Gasteiger partial charge in [-0.2, -0.15) is 0 Å². The van der Waals surface area contributed by atoms with Crippen LogP contribution in [0.5, 0.6) is 5.75 Å². The maximum Gasteiger partial charge on any atom is 0.246 e. The number of rotatable bonds is 4. The van der Waals surface area contributed by atoms with Crippen LogP contribution in [0, 0.1) is 27.7 Å². The summed E-state index contributed by atoms with van der Waals surface area (Å²) in [5.74, 6) is 0.806. The molecule has 0 spiro atoms. The van der Waals surface area contributed by atoms with Crippen LogP contribution in [-0.4, -0.2) is 44.1 Å². The first kappa shape index (κ1) is 22.0. The zero-order valence-corrected chi connectivity index (χ0v) is 19.9. The van der Waals surface area contributed by atoms with E-state index in [0.717, 1.165) is 52.1 Å². The van der Waals surface area contributed by atoms with E-state index in [9.17, 15) is 4.79 Å². The highest BCUT2D eigenvalue weighted by Crippen LogP contribution is 2.37. The maximum absolute atomic E-state index is 13.1. The Labute approximate surface area is 190 Å². The monoisotopic (exact) mass is 432 g/mol. The van der Waals surface area contributed by atoms with E-state index in [2.05, 4.69) is 43.0 Å². The molecule has 2 aromatic carbocycles. The van der Waals surface area contributed by atoms with Gasteiger partial charge in [-0.1, -0.05) is 12.1 Å². The largest absolute Gasteiger partial charge is 0.496 e. The van der Waals surface area contributed by atoms with Crippen LogP contribution >= 0.6 is 0 Å². The van der Waals surface area contributed by atoms with Crippen molar-refractivity contribution in [2.75, 3.05) is 38.2 Å². The number of piperazine rings is 1. The van der Waals surface area contributed by atoms with Crippen molar-refractivity contribution in [1.82, 2.24) is 4.90 Å². The Kier molecular flexibility index (Phi) is 6.00. The van der Waals surface area contributed by atoms with Crippen molar-refractivity contribution < 1.29 is 13.9 Å². The molecule has 0 aliphatic carbocycles. The van der Waals surface area contributed by atoms with Crippen molar-refractivity contribution in [3.05, 3.63) is 64.4 Å². The number of amides is 1. The van der Waals surface area contributed by atoms with E-state index in [-0.39, 0.29) is 5.91 Å². The topological polar surface area (TPSA) is 45.9 Å². The fourth-order valence-corrected chi connectivity index (χ4v) is 4.58. The van der Waals surface area contributed by atoms with Crippen LogP contribution in [0.4, 0.5) is 5.69 Å². The number of carbonyl (C=O) groups is 1. The highest BCUT2D eigenvalue weighted by atomic mass is 16.5. The molecule has 0 N–H and O–H groups in total. The summed E-state index contributed by atoms with van der Waals surface area (Å²) < 4.78 is 11.4. The van der Waals surface area contributed by atoms with Crippen LogP contribution < -0.4 is 9.64 Å². The van der Waals surface area contributed by atoms with E-state index in [1.165, 1.54) is 16.8 Å². The number of ether oxygens (including phenoxy) is 1. The molecular weight excluding hydrogens is 400 g/mol. The van der Waals surface area contributed by atoms with Crippen LogP contribution in [0.25, 0.3) is 16.5 Å². The van der Waals surface area contributed by atoms with Crippen molar-refractivity contribution >= 4 is 28.1 Å². The van der Waals surface area contributed by atoms with Gasteiger partial charge in [0.1, 0.15) is 11.3 Å². The lowest BCUT2D eigenvalue weighted by atomic mass is 9.98. The van der Waals surface area contributed by atoms with Crippen LogP contribution in [0.3, 0.4) is 0 Å². The van der Waals surface area contributed by atoms with Crippen molar-refractivity contribution in [2.45, 2.75) is 34.6 Å². The van der Waals surface area contributed by atoms with Gasteiger partial charge in [0, 0.05) is 54.5 Å². The lowest BCUT2D eigenvalue weighted by Crippen LogP contribution is -2.48. The molecular formula is C27H32N2O3. The zero-order valence-electron chi connectivity index (χ0n) is 19.9. The van der Waals surface area contributed by atoms with Crippen molar-refractivity contribution in [3.8, 4) is 5.75 Å². The number of benzene rings is 2. The first-order valence-corrected chi connectivity index (χ1v) is 11.1. The zero-order chi connectivity index (χ0) is 23.0. The number of nitrogens with zero attached hydrogens (tertiary/aromatic N) is 2. The molecule has 32 heavy (non-hydrogen) atoms. The Bertz CT molecular complexity index is 1200. The number of carbonyl (C=O) groups excluding carboxylic acids is 1. The number of fused-ring (bicyclic) bond motifs is 1. The molecule has 5 nitrogen and oxygen atoms in total. The minimum absolute atomic E-state index is 0.0480. The predicted octanol–water partition coefficient (Wildman–Crippen LogP) is 5.43. The number of anilines is 1. The van der Waals surface area contributed by atoms with Crippen molar-refractivity contribution in [1.29, 1.82) is 0 Å². The normalized spacial score (nSPS) is 14.9. The molecule has 2 heterocycles. The molecule has 5 heteroatoms. The first-order valence-electron chi connectivity index (χ1n) is 11.1. The quantitative estimate of drug-likeness (QED) is 0.516. The third-order valence-electron chi connectivity index (χ3n) is 6.50. The van der Waals surface area contributed by atoms with Crippen LogP contribution in [0.15, 0.2) is 41.0 Å². The smallest absolute Gasteiger partial charge is 0.246 e. The molecule has 1 aliphatic rings. The number of methoxy groups -OCH3 is 1. The number of aryl methyl sites for hydroxylation is 4. The first-order chi connectivity index (χ1) is 15.3. The van der Waals surface area contributed by atoms with Crippen molar-refractivity contribution in [2.24, 2.45) is 0 Å². The number of hydrogen-bond acceptors (Lipinski definition) is 4. The Balaban J connectivity index is 1.53. The summed E-state index contributed by atoms with van der Waals surface area (Å²) in [6.45, 7) is 13.4. The van der Waals surface area contributed by atoms with E-state index in [1.807, 2.05) is 25.7 Å². The summed E-state index contributed by atoms with van der Waals surface area (Å²) >= 11 is 0. The average molecular weight is 433 g/mol. The predicted molar refractivity (Wildman–Crippen MR) is 131 cm³/mol. The molecule has 168 valence electrons. The molecule has 1 fully saturated rings. The molecule has 3 aromatic rings. The Morgan fingerprint density at radius 3 is 2.44 bits per heavy atom. The standard InChI is InChI=1S/C27H32N2O3/c1-17-7-8-18(2)24(13-17)28-9-11-29(12-10-28)25(30)14-19(3)22-15-23-20(4)16-32-27(23)21(5)26(22)31-6/h7-8,13-16H,9-12H2,1-6H3/b19-14+. The van der Waals surface area contributed by atoms with Gasteiger partial charge >= 0.3 is 0 Å².